The number of carbonyl (C=O) groups is 1. The molecule has 3 unspecified atom stereocenters. The number of hydrogen-bond acceptors (Lipinski definition) is 3. The van der Waals surface area contributed by atoms with Gasteiger partial charge in [0.05, 0.1) is 6.04 Å². The molecule has 9 heavy (non-hydrogen) atoms. The van der Waals surface area contributed by atoms with Crippen molar-refractivity contribution in [3.05, 3.63) is 0 Å². The van der Waals surface area contributed by atoms with Crippen LogP contribution in [0.2, 0.25) is 0 Å². The van der Waals surface area contributed by atoms with E-state index in [1.54, 1.807) is 5.06 Å². The topological polar surface area (TPSA) is 32.6 Å². The lowest BCUT2D eigenvalue weighted by molar-refractivity contribution is -0.113. The lowest BCUT2D eigenvalue weighted by Gasteiger charge is -2.11. The smallest absolute Gasteiger partial charge is 0.155 e. The van der Waals surface area contributed by atoms with Crippen LogP contribution in [-0.4, -0.2) is 23.6 Å². The summed E-state index contributed by atoms with van der Waals surface area (Å²) >= 11 is 0. The molecular weight excluding hydrogens is 118 g/mol. The van der Waals surface area contributed by atoms with Gasteiger partial charge >= 0.3 is 0 Å². The van der Waals surface area contributed by atoms with Crippen LogP contribution in [0.5, 0.6) is 0 Å². The summed E-state index contributed by atoms with van der Waals surface area (Å²) in [6.45, 7) is 0. The van der Waals surface area contributed by atoms with Crippen molar-refractivity contribution in [3.8, 4) is 0 Å². The molecule has 2 aliphatic rings. The molecule has 3 atom stereocenters. The summed E-state index contributed by atoms with van der Waals surface area (Å²) in [5, 5.41) is 1.79. The highest BCUT2D eigenvalue weighted by molar-refractivity contribution is 5.57. The van der Waals surface area contributed by atoms with Crippen LogP contribution < -0.4 is 0 Å². The number of hydroxylamine groups is 2. The van der Waals surface area contributed by atoms with Crippen LogP contribution in [0.25, 0.3) is 0 Å². The van der Waals surface area contributed by atoms with E-state index in [-0.39, 0.29) is 12.3 Å². The fourth-order valence-electron chi connectivity index (χ4n) is 1.34. The summed E-state index contributed by atoms with van der Waals surface area (Å²) in [5.41, 5.74) is 0. The zero-order valence-corrected chi connectivity index (χ0v) is 5.12. The van der Waals surface area contributed by atoms with E-state index in [0.717, 1.165) is 25.5 Å². The molecule has 0 radical (unpaired) electrons. The SMILES string of the molecule is O=CC1CCCC2ON12. The Morgan fingerprint density at radius 3 is 3.11 bits per heavy atom. The van der Waals surface area contributed by atoms with Gasteiger partial charge in [0.25, 0.3) is 0 Å². The Hall–Kier alpha value is -0.410. The zero-order valence-electron chi connectivity index (χ0n) is 5.12. The monoisotopic (exact) mass is 127 g/mol. The van der Waals surface area contributed by atoms with Crippen LogP contribution in [0.1, 0.15) is 19.3 Å². The van der Waals surface area contributed by atoms with Gasteiger partial charge in [0.1, 0.15) is 6.29 Å². The van der Waals surface area contributed by atoms with Crippen LogP contribution in [0.3, 0.4) is 0 Å². The summed E-state index contributed by atoms with van der Waals surface area (Å²) in [4.78, 5) is 15.4. The highest BCUT2D eigenvalue weighted by Crippen LogP contribution is 2.34. The van der Waals surface area contributed by atoms with Crippen molar-refractivity contribution >= 4 is 6.29 Å². The molecule has 3 heteroatoms. The molecule has 2 heterocycles. The van der Waals surface area contributed by atoms with Crippen molar-refractivity contribution in [1.29, 1.82) is 0 Å². The lowest BCUT2D eigenvalue weighted by atomic mass is 10.1. The predicted octanol–water partition coefficient (Wildman–Crippen LogP) is 0.311. The molecule has 2 saturated heterocycles. The summed E-state index contributed by atoms with van der Waals surface area (Å²) in [7, 11) is 0. The fraction of sp³-hybridized carbons (Fsp3) is 0.833. The average molecular weight is 127 g/mol. The van der Waals surface area contributed by atoms with Crippen molar-refractivity contribution in [2.24, 2.45) is 0 Å². The van der Waals surface area contributed by atoms with Gasteiger partial charge in [0.2, 0.25) is 0 Å². The fourth-order valence-corrected chi connectivity index (χ4v) is 1.34. The first-order valence-corrected chi connectivity index (χ1v) is 3.32. The molecule has 0 aromatic rings. The summed E-state index contributed by atoms with van der Waals surface area (Å²) < 4.78 is 0. The molecule has 2 fully saturated rings. The van der Waals surface area contributed by atoms with Gasteiger partial charge in [-0.2, -0.15) is 0 Å². The molecule has 2 aliphatic heterocycles. The Morgan fingerprint density at radius 2 is 2.44 bits per heavy atom. The third kappa shape index (κ3) is 0.767. The molecule has 0 amide bonds. The van der Waals surface area contributed by atoms with Crippen molar-refractivity contribution in [3.63, 3.8) is 0 Å². The van der Waals surface area contributed by atoms with Gasteiger partial charge in [0, 0.05) is 0 Å². The Balaban J connectivity index is 2.00. The molecular formula is C6H9NO2. The molecule has 0 aliphatic carbocycles. The van der Waals surface area contributed by atoms with E-state index < -0.39 is 0 Å². The minimum atomic E-state index is 0.0590. The van der Waals surface area contributed by atoms with E-state index >= 15 is 0 Å². The van der Waals surface area contributed by atoms with Crippen LogP contribution >= 0.6 is 0 Å². The second-order valence-corrected chi connectivity index (χ2v) is 2.55. The first-order valence-electron chi connectivity index (χ1n) is 3.32. The summed E-state index contributed by atoms with van der Waals surface area (Å²) in [6, 6.07) is 0.0590. The Morgan fingerprint density at radius 1 is 1.56 bits per heavy atom. The number of fused-ring (bicyclic) bond motifs is 1. The largest absolute Gasteiger partial charge is 0.302 e. The first-order chi connectivity index (χ1) is 4.42. The molecule has 0 aromatic heterocycles. The molecule has 3 nitrogen and oxygen atoms in total. The van der Waals surface area contributed by atoms with Crippen molar-refractivity contribution in [2.75, 3.05) is 0 Å². The zero-order chi connectivity index (χ0) is 6.27. The van der Waals surface area contributed by atoms with Gasteiger partial charge in [-0.1, -0.05) is 0 Å². The van der Waals surface area contributed by atoms with Crippen molar-refractivity contribution < 1.29 is 9.63 Å². The predicted molar refractivity (Wildman–Crippen MR) is 30.4 cm³/mol. The first kappa shape index (κ1) is 5.38. The quantitative estimate of drug-likeness (QED) is 0.375. The minimum Gasteiger partial charge on any atom is -0.302 e. The molecule has 0 N–H and O–H groups in total. The molecule has 0 bridgehead atoms. The van der Waals surface area contributed by atoms with Gasteiger partial charge in [0.15, 0.2) is 6.23 Å². The van der Waals surface area contributed by atoms with Crippen molar-refractivity contribution in [2.45, 2.75) is 31.5 Å². The summed E-state index contributed by atoms with van der Waals surface area (Å²) in [6.07, 6.45) is 4.46. The van der Waals surface area contributed by atoms with E-state index in [0.29, 0.717) is 0 Å². The molecule has 0 spiro atoms. The second-order valence-electron chi connectivity index (χ2n) is 2.55. The van der Waals surface area contributed by atoms with E-state index in [4.69, 9.17) is 4.84 Å². The Labute approximate surface area is 53.5 Å². The number of carbonyl (C=O) groups excluding carboxylic acids is 1. The van der Waals surface area contributed by atoms with Crippen LogP contribution in [0.15, 0.2) is 0 Å². The third-order valence-electron chi connectivity index (χ3n) is 1.92. The van der Waals surface area contributed by atoms with E-state index in [1.807, 2.05) is 0 Å². The lowest BCUT2D eigenvalue weighted by Crippen LogP contribution is -2.25. The van der Waals surface area contributed by atoms with Gasteiger partial charge in [-0.05, 0) is 19.3 Å². The number of nitrogens with zero attached hydrogens (tertiary/aromatic N) is 1. The maximum Gasteiger partial charge on any atom is 0.155 e. The highest BCUT2D eigenvalue weighted by Gasteiger charge is 2.44. The van der Waals surface area contributed by atoms with Gasteiger partial charge in [-0.3, -0.25) is 4.84 Å². The van der Waals surface area contributed by atoms with E-state index in [2.05, 4.69) is 0 Å². The van der Waals surface area contributed by atoms with Crippen LogP contribution in [0.4, 0.5) is 0 Å². The third-order valence-corrected chi connectivity index (χ3v) is 1.92. The molecule has 2 rings (SSSR count). The van der Waals surface area contributed by atoms with Gasteiger partial charge in [-0.15, -0.1) is 5.06 Å². The second kappa shape index (κ2) is 1.78. The Bertz CT molecular complexity index is 137. The number of hydrogen-bond donors (Lipinski definition) is 0. The highest BCUT2D eigenvalue weighted by atomic mass is 16.8. The molecule has 0 aromatic carbocycles. The maximum absolute atomic E-state index is 10.3. The van der Waals surface area contributed by atoms with Gasteiger partial charge in [-0.25, -0.2) is 0 Å². The number of piperidine rings is 1. The minimum absolute atomic E-state index is 0.0590. The average Bonchev–Trinajstić information content (AvgIpc) is 2.64. The van der Waals surface area contributed by atoms with E-state index in [9.17, 15) is 4.79 Å². The summed E-state index contributed by atoms with van der Waals surface area (Å²) in [5.74, 6) is 0. The van der Waals surface area contributed by atoms with Crippen molar-refractivity contribution in [1.82, 2.24) is 5.06 Å². The number of aldehydes is 1. The standard InChI is InChI=1S/C6H9NO2/c8-4-5-2-1-3-6-7(5)9-6/h4-6H,1-3H2. The Kier molecular flexibility index (Phi) is 1.07. The van der Waals surface area contributed by atoms with E-state index in [1.165, 1.54) is 0 Å². The molecule has 0 saturated carbocycles. The number of rotatable bonds is 1. The van der Waals surface area contributed by atoms with Crippen LogP contribution in [-0.2, 0) is 9.63 Å². The van der Waals surface area contributed by atoms with Crippen LogP contribution in [0, 0.1) is 0 Å². The molecule has 50 valence electrons. The maximum atomic E-state index is 10.3. The normalized spacial score (nSPS) is 47.8. The van der Waals surface area contributed by atoms with Gasteiger partial charge < -0.3 is 4.79 Å².